The number of hydrogen-bond donors (Lipinski definition) is 0. The molecule has 0 radical (unpaired) electrons. The second-order valence-corrected chi connectivity index (χ2v) is 2.56. The van der Waals surface area contributed by atoms with E-state index in [9.17, 15) is 0 Å². The monoisotopic (exact) mass is 154 g/mol. The Morgan fingerprint density at radius 3 is 2.64 bits per heavy atom. The van der Waals surface area contributed by atoms with Gasteiger partial charge in [0.15, 0.2) is 6.29 Å². The maximum absolute atomic E-state index is 5.27. The van der Waals surface area contributed by atoms with Crippen LogP contribution in [0.15, 0.2) is 16.7 Å². The van der Waals surface area contributed by atoms with Crippen LogP contribution >= 0.6 is 0 Å². The molecule has 0 bridgehead atoms. The van der Waals surface area contributed by atoms with Crippen LogP contribution in [0, 0.1) is 6.92 Å². The summed E-state index contributed by atoms with van der Waals surface area (Å²) in [7, 11) is 0. The number of rotatable bonds is 1. The fourth-order valence-corrected chi connectivity index (χ4v) is 1.14. The molecule has 3 nitrogen and oxygen atoms in total. The van der Waals surface area contributed by atoms with Crippen molar-refractivity contribution in [2.24, 2.45) is 0 Å². The Labute approximate surface area is 64.9 Å². The summed E-state index contributed by atoms with van der Waals surface area (Å²) in [4.78, 5) is 0. The Kier molecular flexibility index (Phi) is 1.68. The third kappa shape index (κ3) is 1.29. The molecule has 0 aliphatic carbocycles. The molecule has 3 heteroatoms. The molecule has 0 unspecified atom stereocenters. The van der Waals surface area contributed by atoms with Gasteiger partial charge in [-0.05, 0) is 13.0 Å². The first kappa shape index (κ1) is 6.88. The summed E-state index contributed by atoms with van der Waals surface area (Å²) in [6, 6.07) is 1.93. The summed E-state index contributed by atoms with van der Waals surface area (Å²) >= 11 is 0. The average molecular weight is 154 g/mol. The molecule has 1 fully saturated rings. The Balaban J connectivity index is 2.15. The van der Waals surface area contributed by atoms with Gasteiger partial charge in [0.05, 0.1) is 19.5 Å². The van der Waals surface area contributed by atoms with Gasteiger partial charge in [-0.1, -0.05) is 0 Å². The number of furan rings is 1. The SMILES string of the molecule is Cc1cc(C2OCCO2)co1. The summed E-state index contributed by atoms with van der Waals surface area (Å²) in [5.74, 6) is 0.888. The van der Waals surface area contributed by atoms with Gasteiger partial charge in [-0.3, -0.25) is 0 Å². The Morgan fingerprint density at radius 2 is 2.09 bits per heavy atom. The van der Waals surface area contributed by atoms with E-state index in [0.29, 0.717) is 13.2 Å². The van der Waals surface area contributed by atoms with Crippen LogP contribution in [0.5, 0.6) is 0 Å². The van der Waals surface area contributed by atoms with E-state index in [-0.39, 0.29) is 6.29 Å². The van der Waals surface area contributed by atoms with E-state index >= 15 is 0 Å². The van der Waals surface area contributed by atoms with E-state index in [2.05, 4.69) is 0 Å². The minimum Gasteiger partial charge on any atom is -0.469 e. The molecule has 0 N–H and O–H groups in total. The van der Waals surface area contributed by atoms with E-state index in [1.165, 1.54) is 0 Å². The van der Waals surface area contributed by atoms with E-state index in [1.807, 2.05) is 13.0 Å². The second kappa shape index (κ2) is 2.68. The van der Waals surface area contributed by atoms with Crippen LogP contribution in [0.3, 0.4) is 0 Å². The molecule has 0 spiro atoms. The quantitative estimate of drug-likeness (QED) is 0.616. The highest BCUT2D eigenvalue weighted by Crippen LogP contribution is 2.24. The number of aryl methyl sites for hydroxylation is 1. The van der Waals surface area contributed by atoms with Crippen molar-refractivity contribution in [3.8, 4) is 0 Å². The van der Waals surface area contributed by atoms with Crippen LogP contribution in [-0.2, 0) is 9.47 Å². The summed E-state index contributed by atoms with van der Waals surface area (Å²) in [5.41, 5.74) is 0.972. The first-order chi connectivity index (χ1) is 5.36. The van der Waals surface area contributed by atoms with Crippen molar-refractivity contribution in [1.29, 1.82) is 0 Å². The largest absolute Gasteiger partial charge is 0.469 e. The molecule has 1 aliphatic rings. The molecule has 0 amide bonds. The number of hydrogen-bond acceptors (Lipinski definition) is 3. The lowest BCUT2D eigenvalue weighted by Crippen LogP contribution is -1.94. The Bertz CT molecular complexity index is 235. The topological polar surface area (TPSA) is 31.6 Å². The van der Waals surface area contributed by atoms with Crippen molar-refractivity contribution in [2.75, 3.05) is 13.2 Å². The molecule has 60 valence electrons. The molecule has 0 atom stereocenters. The molecule has 2 rings (SSSR count). The standard InChI is InChI=1S/C8H10O3/c1-6-4-7(5-11-6)8-9-2-3-10-8/h4-5,8H,2-3H2,1H3. The van der Waals surface area contributed by atoms with Crippen LogP contribution in [0.25, 0.3) is 0 Å². The van der Waals surface area contributed by atoms with Crippen LogP contribution in [0.1, 0.15) is 17.6 Å². The zero-order valence-electron chi connectivity index (χ0n) is 6.37. The van der Waals surface area contributed by atoms with Crippen molar-refractivity contribution in [2.45, 2.75) is 13.2 Å². The Morgan fingerprint density at radius 1 is 1.36 bits per heavy atom. The predicted octanol–water partition coefficient (Wildman–Crippen LogP) is 1.63. The zero-order valence-corrected chi connectivity index (χ0v) is 6.37. The van der Waals surface area contributed by atoms with Crippen molar-refractivity contribution in [1.82, 2.24) is 0 Å². The van der Waals surface area contributed by atoms with E-state index in [0.717, 1.165) is 11.3 Å². The molecule has 0 aromatic carbocycles. The minimum atomic E-state index is -0.201. The van der Waals surface area contributed by atoms with Gasteiger partial charge in [0, 0.05) is 5.56 Å². The first-order valence-corrected chi connectivity index (χ1v) is 3.64. The van der Waals surface area contributed by atoms with Gasteiger partial charge in [0.1, 0.15) is 5.76 Å². The molecule has 1 aliphatic heterocycles. The molecule has 11 heavy (non-hydrogen) atoms. The molecular formula is C8H10O3. The Hall–Kier alpha value is -0.800. The van der Waals surface area contributed by atoms with Crippen LogP contribution in [0.2, 0.25) is 0 Å². The zero-order chi connectivity index (χ0) is 7.68. The average Bonchev–Trinajstić information content (AvgIpc) is 2.55. The lowest BCUT2D eigenvalue weighted by Gasteiger charge is -2.03. The highest BCUT2D eigenvalue weighted by Gasteiger charge is 2.19. The van der Waals surface area contributed by atoms with Crippen LogP contribution < -0.4 is 0 Å². The maximum Gasteiger partial charge on any atom is 0.187 e. The molecule has 2 heterocycles. The minimum absolute atomic E-state index is 0.201. The fraction of sp³-hybridized carbons (Fsp3) is 0.500. The van der Waals surface area contributed by atoms with Crippen molar-refractivity contribution in [3.05, 3.63) is 23.7 Å². The highest BCUT2D eigenvalue weighted by molar-refractivity contribution is 5.13. The molecule has 1 saturated heterocycles. The summed E-state index contributed by atoms with van der Waals surface area (Å²) < 4.78 is 15.7. The molecule has 1 aromatic heterocycles. The first-order valence-electron chi connectivity index (χ1n) is 3.64. The molecular weight excluding hydrogens is 144 g/mol. The third-order valence-corrected chi connectivity index (χ3v) is 1.64. The molecule has 0 saturated carbocycles. The van der Waals surface area contributed by atoms with Gasteiger partial charge >= 0.3 is 0 Å². The van der Waals surface area contributed by atoms with Gasteiger partial charge in [0.25, 0.3) is 0 Å². The lowest BCUT2D eigenvalue weighted by molar-refractivity contribution is -0.0444. The van der Waals surface area contributed by atoms with Crippen molar-refractivity contribution >= 4 is 0 Å². The van der Waals surface area contributed by atoms with Crippen molar-refractivity contribution in [3.63, 3.8) is 0 Å². The summed E-state index contributed by atoms with van der Waals surface area (Å²) in [5, 5.41) is 0. The van der Waals surface area contributed by atoms with Crippen molar-refractivity contribution < 1.29 is 13.9 Å². The van der Waals surface area contributed by atoms with Gasteiger partial charge in [-0.25, -0.2) is 0 Å². The third-order valence-electron chi connectivity index (χ3n) is 1.64. The van der Waals surface area contributed by atoms with Gasteiger partial charge < -0.3 is 13.9 Å². The van der Waals surface area contributed by atoms with E-state index in [4.69, 9.17) is 13.9 Å². The smallest absolute Gasteiger partial charge is 0.187 e. The predicted molar refractivity (Wildman–Crippen MR) is 38.1 cm³/mol. The van der Waals surface area contributed by atoms with Gasteiger partial charge in [0.2, 0.25) is 0 Å². The molecule has 1 aromatic rings. The fourth-order valence-electron chi connectivity index (χ4n) is 1.14. The van der Waals surface area contributed by atoms with Crippen LogP contribution in [-0.4, -0.2) is 13.2 Å². The van der Waals surface area contributed by atoms with E-state index in [1.54, 1.807) is 6.26 Å². The van der Waals surface area contributed by atoms with Gasteiger partial charge in [-0.15, -0.1) is 0 Å². The van der Waals surface area contributed by atoms with Crippen LogP contribution in [0.4, 0.5) is 0 Å². The summed E-state index contributed by atoms with van der Waals surface area (Å²) in [6.45, 7) is 3.25. The highest BCUT2D eigenvalue weighted by atomic mass is 16.7. The second-order valence-electron chi connectivity index (χ2n) is 2.56. The van der Waals surface area contributed by atoms with Gasteiger partial charge in [-0.2, -0.15) is 0 Å². The number of ether oxygens (including phenoxy) is 2. The maximum atomic E-state index is 5.27. The summed E-state index contributed by atoms with van der Waals surface area (Å²) in [6.07, 6.45) is 1.47. The normalized spacial score (nSPS) is 19.4. The van der Waals surface area contributed by atoms with E-state index < -0.39 is 0 Å². The lowest BCUT2D eigenvalue weighted by atomic mass is 10.3.